The fourth-order valence-corrected chi connectivity index (χ4v) is 4.67. The predicted octanol–water partition coefficient (Wildman–Crippen LogP) is 3.85. The number of rotatable bonds is 6. The number of carboxylic acids is 1. The Morgan fingerprint density at radius 1 is 1.22 bits per heavy atom. The lowest BCUT2D eigenvalue weighted by atomic mass is 9.83. The van der Waals surface area contributed by atoms with Gasteiger partial charge in [-0.2, -0.15) is 0 Å². The smallest absolute Gasteiger partial charge is 0.412 e. The van der Waals surface area contributed by atoms with Gasteiger partial charge in [-0.1, -0.05) is 11.6 Å². The molecular weight excluding hydrogens is 492 g/mol. The highest BCUT2D eigenvalue weighted by molar-refractivity contribution is 6.30. The van der Waals surface area contributed by atoms with Gasteiger partial charge >= 0.3 is 18.2 Å². The molecule has 0 aromatic heterocycles. The van der Waals surface area contributed by atoms with E-state index in [9.17, 15) is 24.3 Å². The summed E-state index contributed by atoms with van der Waals surface area (Å²) in [4.78, 5) is 50.3. The zero-order chi connectivity index (χ0) is 25.9. The van der Waals surface area contributed by atoms with Crippen molar-refractivity contribution in [2.75, 3.05) is 36.1 Å². The van der Waals surface area contributed by atoms with E-state index < -0.39 is 42.1 Å². The molecule has 2 aliphatic rings. The number of anilines is 3. The van der Waals surface area contributed by atoms with Crippen molar-refractivity contribution in [3.63, 3.8) is 0 Å². The van der Waals surface area contributed by atoms with Gasteiger partial charge in [0, 0.05) is 28.5 Å². The summed E-state index contributed by atoms with van der Waals surface area (Å²) < 4.78 is 10.3. The molecule has 1 unspecified atom stereocenters. The van der Waals surface area contributed by atoms with Crippen molar-refractivity contribution in [2.24, 2.45) is 0 Å². The van der Waals surface area contributed by atoms with Crippen molar-refractivity contribution in [1.29, 1.82) is 0 Å². The number of ether oxygens (including phenoxy) is 2. The van der Waals surface area contributed by atoms with Gasteiger partial charge in [0.05, 0.1) is 25.8 Å². The summed E-state index contributed by atoms with van der Waals surface area (Å²) >= 11 is 6.21. The van der Waals surface area contributed by atoms with Gasteiger partial charge in [-0.3, -0.25) is 20.2 Å². The van der Waals surface area contributed by atoms with E-state index in [4.69, 9.17) is 16.3 Å². The van der Waals surface area contributed by atoms with Crippen LogP contribution in [-0.2, 0) is 24.7 Å². The Hall–Kier alpha value is -3.99. The Morgan fingerprint density at radius 2 is 1.94 bits per heavy atom. The number of nitrogens with zero attached hydrogens (tertiary/aromatic N) is 1. The van der Waals surface area contributed by atoms with E-state index in [2.05, 4.69) is 20.7 Å². The third kappa shape index (κ3) is 5.46. The zero-order valence-electron chi connectivity index (χ0n) is 19.4. The van der Waals surface area contributed by atoms with Gasteiger partial charge in [0.25, 0.3) is 0 Å². The number of carboxylic acid groups (broad SMARTS) is 1. The monoisotopic (exact) mass is 516 g/mol. The van der Waals surface area contributed by atoms with E-state index in [1.807, 2.05) is 0 Å². The maximum absolute atomic E-state index is 13.5. The van der Waals surface area contributed by atoms with Gasteiger partial charge < -0.3 is 24.8 Å². The number of carbonyl (C=O) groups excluding carboxylic acids is 3. The summed E-state index contributed by atoms with van der Waals surface area (Å²) in [5.41, 5.74) is 1.10. The number of benzene rings is 2. The number of amides is 3. The minimum atomic E-state index is -1.15. The van der Waals surface area contributed by atoms with Crippen LogP contribution in [0.25, 0.3) is 0 Å². The second-order valence-electron chi connectivity index (χ2n) is 8.55. The molecule has 12 heteroatoms. The third-order valence-electron chi connectivity index (χ3n) is 6.10. The van der Waals surface area contributed by atoms with Gasteiger partial charge in [0.2, 0.25) is 5.91 Å². The van der Waals surface area contributed by atoms with Crippen LogP contribution in [0.2, 0.25) is 5.02 Å². The molecule has 4 rings (SSSR count). The topological polar surface area (TPSA) is 146 Å². The highest BCUT2D eigenvalue weighted by Gasteiger charge is 2.47. The molecule has 36 heavy (non-hydrogen) atoms. The Balaban J connectivity index is 1.54. The largest absolute Gasteiger partial charge is 0.481 e. The van der Waals surface area contributed by atoms with Gasteiger partial charge in [0.15, 0.2) is 5.60 Å². The van der Waals surface area contributed by atoms with Crippen LogP contribution in [0.3, 0.4) is 0 Å². The molecule has 190 valence electrons. The summed E-state index contributed by atoms with van der Waals surface area (Å²) in [7, 11) is 1.25. The molecule has 2 aromatic rings. The van der Waals surface area contributed by atoms with Gasteiger partial charge in [-0.05, 0) is 55.3 Å². The molecule has 2 aliphatic heterocycles. The summed E-state index contributed by atoms with van der Waals surface area (Å²) in [5.74, 6) is -1.59. The van der Waals surface area contributed by atoms with Crippen molar-refractivity contribution in [2.45, 2.75) is 30.9 Å². The Kier molecular flexibility index (Phi) is 7.20. The van der Waals surface area contributed by atoms with Crippen LogP contribution in [0.1, 0.15) is 24.8 Å². The number of piperidine rings is 1. The molecule has 0 radical (unpaired) electrons. The van der Waals surface area contributed by atoms with Crippen molar-refractivity contribution in [3.05, 3.63) is 53.1 Å². The highest BCUT2D eigenvalue weighted by Crippen LogP contribution is 2.43. The number of hydrogen-bond acceptors (Lipinski definition) is 7. The van der Waals surface area contributed by atoms with E-state index in [0.717, 1.165) is 0 Å². The van der Waals surface area contributed by atoms with Crippen LogP contribution in [0.5, 0.6) is 0 Å². The molecule has 4 N–H and O–H groups in total. The first-order valence-electron chi connectivity index (χ1n) is 11.2. The first-order valence-corrected chi connectivity index (χ1v) is 11.6. The fraction of sp³-hybridized carbons (Fsp3) is 0.333. The molecular formula is C24H25ClN4O7. The highest BCUT2D eigenvalue weighted by atomic mass is 35.5. The number of carbonyl (C=O) groups is 4. The minimum Gasteiger partial charge on any atom is -0.481 e. The predicted molar refractivity (Wildman–Crippen MR) is 131 cm³/mol. The fourth-order valence-electron chi connectivity index (χ4n) is 4.50. The van der Waals surface area contributed by atoms with Gasteiger partial charge in [0.1, 0.15) is 6.04 Å². The van der Waals surface area contributed by atoms with Crippen molar-refractivity contribution in [3.8, 4) is 0 Å². The first kappa shape index (κ1) is 25.1. The summed E-state index contributed by atoms with van der Waals surface area (Å²) in [6.45, 7) is 0.438. The molecule has 11 nitrogen and oxygen atoms in total. The van der Waals surface area contributed by atoms with Crippen LogP contribution in [0.15, 0.2) is 42.5 Å². The van der Waals surface area contributed by atoms with E-state index in [1.54, 1.807) is 42.5 Å². The molecule has 3 amide bonds. The van der Waals surface area contributed by atoms with Crippen LogP contribution >= 0.6 is 11.6 Å². The number of methoxy groups -OCH3 is 1. The van der Waals surface area contributed by atoms with Crippen molar-refractivity contribution < 1.29 is 33.8 Å². The van der Waals surface area contributed by atoms with Crippen molar-refractivity contribution >= 4 is 52.7 Å². The quantitative estimate of drug-likeness (QED) is 0.452. The van der Waals surface area contributed by atoms with Crippen LogP contribution in [0.4, 0.5) is 26.7 Å². The lowest BCUT2D eigenvalue weighted by Gasteiger charge is -2.45. The molecule has 2 aromatic carbocycles. The third-order valence-corrected chi connectivity index (χ3v) is 6.33. The normalized spacial score (nSPS) is 19.4. The lowest BCUT2D eigenvalue weighted by Crippen LogP contribution is -2.56. The van der Waals surface area contributed by atoms with Crippen LogP contribution in [0, 0.1) is 0 Å². The van der Waals surface area contributed by atoms with Crippen LogP contribution < -0.4 is 16.0 Å². The van der Waals surface area contributed by atoms with E-state index in [-0.39, 0.29) is 6.54 Å². The molecule has 1 spiro atoms. The molecule has 1 fully saturated rings. The number of likely N-dealkylation sites (tertiary alicyclic amines) is 1. The summed E-state index contributed by atoms with van der Waals surface area (Å²) in [6, 6.07) is 10.4. The van der Waals surface area contributed by atoms with Crippen molar-refractivity contribution in [1.82, 2.24) is 4.90 Å². The van der Waals surface area contributed by atoms with E-state index >= 15 is 0 Å². The maximum Gasteiger partial charge on any atom is 0.412 e. The first-order chi connectivity index (χ1) is 17.2. The second-order valence-corrected chi connectivity index (χ2v) is 8.99. The van der Waals surface area contributed by atoms with Gasteiger partial charge in [-0.25, -0.2) is 9.59 Å². The molecule has 1 saturated heterocycles. The zero-order valence-corrected chi connectivity index (χ0v) is 20.1. The average molecular weight is 517 g/mol. The van der Waals surface area contributed by atoms with Crippen LogP contribution in [-0.4, -0.2) is 60.3 Å². The number of aliphatic carboxylic acids is 1. The molecule has 0 aliphatic carbocycles. The summed E-state index contributed by atoms with van der Waals surface area (Å²) in [5, 5.41) is 18.1. The second kappa shape index (κ2) is 10.3. The number of halogens is 1. The Labute approximate surface area is 211 Å². The number of hydrogen-bond donors (Lipinski definition) is 4. The molecule has 0 saturated carbocycles. The molecule has 0 bridgehead atoms. The number of fused-ring (bicyclic) bond motifs is 2. The minimum absolute atomic E-state index is 0.0619. The molecule has 2 atom stereocenters. The summed E-state index contributed by atoms with van der Waals surface area (Å²) in [6.07, 6.45) is -0.689. The Morgan fingerprint density at radius 3 is 2.64 bits per heavy atom. The molecule has 2 heterocycles. The lowest BCUT2D eigenvalue weighted by molar-refractivity contribution is -0.145. The number of nitrogens with one attached hydrogen (secondary N) is 3. The van der Waals surface area contributed by atoms with E-state index in [0.29, 0.717) is 47.0 Å². The average Bonchev–Trinajstić information content (AvgIpc) is 2.84. The maximum atomic E-state index is 13.5. The van der Waals surface area contributed by atoms with E-state index in [1.165, 1.54) is 12.0 Å². The van der Waals surface area contributed by atoms with Gasteiger partial charge in [-0.15, -0.1) is 0 Å². The standard InChI is InChI=1S/C24H25ClN4O7/c1-35-22(33)27-16-6-4-15(5-7-16)26-19(12-20(30)31)21(32)29-10-2-9-24(13-29)17-11-14(25)3-8-18(17)28-23(34)36-24/h3-8,11,19,26H,2,9-10,12-13H2,1H3,(H,27,33)(H,28,34)(H,30,31)/t19-,24?/m0/s1. The Bertz CT molecular complexity index is 1190. The SMILES string of the molecule is COC(=O)Nc1ccc(N[C@@H](CC(=O)O)C(=O)N2CCCC3(C2)OC(=O)Nc2ccc(Cl)cc23)cc1.